The van der Waals surface area contributed by atoms with Crippen molar-refractivity contribution in [2.75, 3.05) is 78.6 Å². The topological polar surface area (TPSA) is 74.2 Å². The van der Waals surface area contributed by atoms with Gasteiger partial charge in [0.25, 0.3) is 0 Å². The highest BCUT2D eigenvalue weighted by atomic mass is 16.5. The number of hydrogen-bond donors (Lipinski definition) is 2. The molecule has 0 aliphatic carbocycles. The second-order valence-electron chi connectivity index (χ2n) is 6.62. The second-order valence-corrected chi connectivity index (χ2v) is 6.62. The lowest BCUT2D eigenvalue weighted by atomic mass is 10.2. The number of methoxy groups -OCH3 is 1. The van der Waals surface area contributed by atoms with E-state index in [1.807, 2.05) is 12.3 Å². The first kappa shape index (κ1) is 21.4. The molecule has 0 bridgehead atoms. The standard InChI is InChI=1S/C19H34N6O2/c1-20-19(22-6-4-12-27-14-13-26-3)23-16-17-5-7-21-18(15-17)25-10-8-24(2)9-11-25/h5,7,15H,4,6,8-14,16H2,1-3H3,(H2,20,22,23). The van der Waals surface area contributed by atoms with Gasteiger partial charge in [-0.1, -0.05) is 0 Å². The summed E-state index contributed by atoms with van der Waals surface area (Å²) in [6, 6.07) is 4.21. The van der Waals surface area contributed by atoms with E-state index in [0.29, 0.717) is 26.4 Å². The van der Waals surface area contributed by atoms with E-state index in [-0.39, 0.29) is 0 Å². The number of rotatable bonds is 10. The van der Waals surface area contributed by atoms with Crippen LogP contribution in [0, 0.1) is 0 Å². The fourth-order valence-corrected chi connectivity index (χ4v) is 2.81. The maximum atomic E-state index is 5.46. The Balaban J connectivity index is 1.70. The molecule has 8 heteroatoms. The second kappa shape index (κ2) is 12.5. The van der Waals surface area contributed by atoms with Gasteiger partial charge in [0, 0.05) is 66.2 Å². The summed E-state index contributed by atoms with van der Waals surface area (Å²) in [6.45, 7) is 7.73. The number of ether oxygens (including phenoxy) is 2. The molecular weight excluding hydrogens is 344 g/mol. The van der Waals surface area contributed by atoms with Gasteiger partial charge in [-0.3, -0.25) is 4.99 Å². The van der Waals surface area contributed by atoms with Crippen LogP contribution >= 0.6 is 0 Å². The molecule has 0 unspecified atom stereocenters. The minimum absolute atomic E-state index is 0.638. The zero-order chi connectivity index (χ0) is 19.3. The highest BCUT2D eigenvalue weighted by Crippen LogP contribution is 2.14. The number of likely N-dealkylation sites (N-methyl/N-ethyl adjacent to an activating group) is 1. The van der Waals surface area contributed by atoms with Crippen LogP contribution in [0.5, 0.6) is 0 Å². The summed E-state index contributed by atoms with van der Waals surface area (Å²) in [7, 11) is 5.62. The molecule has 2 heterocycles. The maximum Gasteiger partial charge on any atom is 0.191 e. The van der Waals surface area contributed by atoms with Crippen molar-refractivity contribution in [3.8, 4) is 0 Å². The lowest BCUT2D eigenvalue weighted by molar-refractivity contribution is 0.0698. The molecule has 27 heavy (non-hydrogen) atoms. The van der Waals surface area contributed by atoms with Crippen molar-refractivity contribution in [2.24, 2.45) is 4.99 Å². The molecule has 1 aromatic rings. The lowest BCUT2D eigenvalue weighted by Crippen LogP contribution is -2.44. The number of aliphatic imine (C=N–C) groups is 1. The SMILES string of the molecule is CN=C(NCCCOCCOC)NCc1ccnc(N2CCN(C)CC2)c1. The van der Waals surface area contributed by atoms with Crippen LogP contribution in [0.15, 0.2) is 23.3 Å². The summed E-state index contributed by atoms with van der Waals surface area (Å²) in [5.41, 5.74) is 1.20. The van der Waals surface area contributed by atoms with E-state index in [2.05, 4.69) is 43.5 Å². The minimum Gasteiger partial charge on any atom is -0.382 e. The molecule has 1 aliphatic heterocycles. The van der Waals surface area contributed by atoms with Crippen molar-refractivity contribution < 1.29 is 9.47 Å². The van der Waals surface area contributed by atoms with Crippen LogP contribution in [-0.4, -0.2) is 89.6 Å². The molecule has 0 radical (unpaired) electrons. The average Bonchev–Trinajstić information content (AvgIpc) is 2.70. The van der Waals surface area contributed by atoms with Crippen molar-refractivity contribution >= 4 is 11.8 Å². The smallest absolute Gasteiger partial charge is 0.191 e. The molecule has 2 N–H and O–H groups in total. The minimum atomic E-state index is 0.638. The molecule has 1 saturated heterocycles. The van der Waals surface area contributed by atoms with E-state index >= 15 is 0 Å². The maximum absolute atomic E-state index is 5.46. The number of piperazine rings is 1. The van der Waals surface area contributed by atoms with Gasteiger partial charge in [-0.05, 0) is 31.2 Å². The van der Waals surface area contributed by atoms with Crippen LogP contribution in [0.2, 0.25) is 0 Å². The van der Waals surface area contributed by atoms with Crippen molar-refractivity contribution in [3.05, 3.63) is 23.9 Å². The number of guanidine groups is 1. The van der Waals surface area contributed by atoms with Gasteiger partial charge < -0.3 is 29.9 Å². The Morgan fingerprint density at radius 3 is 2.74 bits per heavy atom. The molecule has 2 rings (SSSR count). The van der Waals surface area contributed by atoms with Gasteiger partial charge in [0.15, 0.2) is 5.96 Å². The fourth-order valence-electron chi connectivity index (χ4n) is 2.81. The van der Waals surface area contributed by atoms with E-state index in [9.17, 15) is 0 Å². The molecule has 0 aromatic carbocycles. The summed E-state index contributed by atoms with van der Waals surface area (Å²) in [5, 5.41) is 6.67. The van der Waals surface area contributed by atoms with E-state index in [0.717, 1.165) is 50.9 Å². The Bertz CT molecular complexity index is 561. The molecule has 1 aromatic heterocycles. The Morgan fingerprint density at radius 2 is 2.00 bits per heavy atom. The summed E-state index contributed by atoms with van der Waals surface area (Å²) < 4.78 is 10.4. The number of hydrogen-bond acceptors (Lipinski definition) is 6. The van der Waals surface area contributed by atoms with Crippen LogP contribution in [0.3, 0.4) is 0 Å². The molecule has 0 amide bonds. The van der Waals surface area contributed by atoms with E-state index < -0.39 is 0 Å². The third kappa shape index (κ3) is 8.11. The third-order valence-electron chi connectivity index (χ3n) is 4.51. The van der Waals surface area contributed by atoms with E-state index in [1.165, 1.54) is 5.56 Å². The van der Waals surface area contributed by atoms with Gasteiger partial charge in [-0.25, -0.2) is 4.98 Å². The lowest BCUT2D eigenvalue weighted by Gasteiger charge is -2.33. The monoisotopic (exact) mass is 378 g/mol. The average molecular weight is 379 g/mol. The molecule has 0 spiro atoms. The number of anilines is 1. The van der Waals surface area contributed by atoms with Gasteiger partial charge in [0.1, 0.15) is 5.82 Å². The number of nitrogens with zero attached hydrogens (tertiary/aromatic N) is 4. The fraction of sp³-hybridized carbons (Fsp3) is 0.684. The Kier molecular flexibility index (Phi) is 9.89. The van der Waals surface area contributed by atoms with Gasteiger partial charge in [-0.2, -0.15) is 0 Å². The first-order chi connectivity index (χ1) is 13.2. The summed E-state index contributed by atoms with van der Waals surface area (Å²) in [4.78, 5) is 13.5. The predicted molar refractivity (Wildman–Crippen MR) is 109 cm³/mol. The molecule has 1 aliphatic rings. The quantitative estimate of drug-likeness (QED) is 0.350. The van der Waals surface area contributed by atoms with Crippen LogP contribution in [-0.2, 0) is 16.0 Å². The Labute approximate surface area is 162 Å². The van der Waals surface area contributed by atoms with Crippen molar-refractivity contribution in [1.29, 1.82) is 0 Å². The predicted octanol–water partition coefficient (Wildman–Crippen LogP) is 0.552. The third-order valence-corrected chi connectivity index (χ3v) is 4.51. The van der Waals surface area contributed by atoms with Crippen LogP contribution < -0.4 is 15.5 Å². The molecule has 152 valence electrons. The van der Waals surface area contributed by atoms with Crippen LogP contribution in [0.4, 0.5) is 5.82 Å². The normalized spacial score (nSPS) is 15.8. The number of aromatic nitrogens is 1. The van der Waals surface area contributed by atoms with Crippen LogP contribution in [0.25, 0.3) is 0 Å². The molecule has 1 fully saturated rings. The van der Waals surface area contributed by atoms with Gasteiger partial charge in [-0.15, -0.1) is 0 Å². The highest BCUT2D eigenvalue weighted by molar-refractivity contribution is 5.79. The zero-order valence-electron chi connectivity index (χ0n) is 16.9. The van der Waals surface area contributed by atoms with Crippen molar-refractivity contribution in [1.82, 2.24) is 20.5 Å². The van der Waals surface area contributed by atoms with Gasteiger partial charge in [0.2, 0.25) is 0 Å². The first-order valence-electron chi connectivity index (χ1n) is 9.62. The Morgan fingerprint density at radius 1 is 1.19 bits per heavy atom. The molecule has 8 nitrogen and oxygen atoms in total. The molecule has 0 saturated carbocycles. The zero-order valence-corrected chi connectivity index (χ0v) is 16.9. The number of pyridine rings is 1. The van der Waals surface area contributed by atoms with Gasteiger partial charge >= 0.3 is 0 Å². The first-order valence-corrected chi connectivity index (χ1v) is 9.62. The summed E-state index contributed by atoms with van der Waals surface area (Å²) >= 11 is 0. The summed E-state index contributed by atoms with van der Waals surface area (Å²) in [6.07, 6.45) is 2.81. The van der Waals surface area contributed by atoms with Crippen molar-refractivity contribution in [2.45, 2.75) is 13.0 Å². The molecule has 0 atom stereocenters. The van der Waals surface area contributed by atoms with Crippen molar-refractivity contribution in [3.63, 3.8) is 0 Å². The van der Waals surface area contributed by atoms with E-state index in [1.54, 1.807) is 14.2 Å². The Hall–Kier alpha value is -1.90. The van der Waals surface area contributed by atoms with Gasteiger partial charge in [0.05, 0.1) is 13.2 Å². The van der Waals surface area contributed by atoms with Crippen LogP contribution in [0.1, 0.15) is 12.0 Å². The highest BCUT2D eigenvalue weighted by Gasteiger charge is 2.15. The number of nitrogens with one attached hydrogen (secondary N) is 2. The largest absolute Gasteiger partial charge is 0.382 e. The molecular formula is C19H34N6O2. The summed E-state index contributed by atoms with van der Waals surface area (Å²) in [5.74, 6) is 1.85. The van der Waals surface area contributed by atoms with E-state index in [4.69, 9.17) is 9.47 Å².